The maximum atomic E-state index is 4.45. The van der Waals surface area contributed by atoms with Crippen LogP contribution < -0.4 is 4.90 Å². The third-order valence-electron chi connectivity index (χ3n) is 3.16. The highest BCUT2D eigenvalue weighted by atomic mass is 15.1. The van der Waals surface area contributed by atoms with Gasteiger partial charge in [-0.05, 0) is 37.5 Å². The summed E-state index contributed by atoms with van der Waals surface area (Å²) in [6, 6.07) is 6.08. The van der Waals surface area contributed by atoms with Gasteiger partial charge in [-0.2, -0.15) is 0 Å². The van der Waals surface area contributed by atoms with Gasteiger partial charge in [-0.15, -0.1) is 0 Å². The highest BCUT2D eigenvalue weighted by Gasteiger charge is 2.11. The maximum absolute atomic E-state index is 4.45. The predicted molar refractivity (Wildman–Crippen MR) is 65.6 cm³/mol. The fraction of sp³-hybridized carbons (Fsp3) is 0.385. The minimum absolute atomic E-state index is 0.975. The van der Waals surface area contributed by atoms with Crippen LogP contribution in [0.5, 0.6) is 0 Å². The Morgan fingerprint density at radius 3 is 2.75 bits per heavy atom. The fourth-order valence-corrected chi connectivity index (χ4v) is 2.27. The number of anilines is 1. The number of aromatic nitrogens is 2. The highest BCUT2D eigenvalue weighted by molar-refractivity contribution is 5.77. The molecular weight excluding hydrogens is 198 g/mol. The lowest BCUT2D eigenvalue weighted by Crippen LogP contribution is -2.29. The molecule has 3 heteroatoms. The molecule has 1 saturated heterocycles. The number of pyridine rings is 2. The van der Waals surface area contributed by atoms with Gasteiger partial charge in [0.2, 0.25) is 0 Å². The van der Waals surface area contributed by atoms with E-state index in [4.69, 9.17) is 0 Å². The van der Waals surface area contributed by atoms with E-state index in [-0.39, 0.29) is 0 Å². The standard InChI is InChI=1S/C13H15N3/c1-2-7-16(8-3-1)11-9-13-12(15-10-11)5-4-6-14-13/h4-6,9-10H,1-3,7-8H2. The largest absolute Gasteiger partial charge is 0.370 e. The van der Waals surface area contributed by atoms with Crippen molar-refractivity contribution in [3.05, 3.63) is 30.6 Å². The van der Waals surface area contributed by atoms with Crippen LogP contribution in [0.15, 0.2) is 30.6 Å². The Bertz CT molecular complexity index is 489. The molecule has 82 valence electrons. The molecule has 0 spiro atoms. The molecule has 0 unspecified atom stereocenters. The first-order valence-corrected chi connectivity index (χ1v) is 5.89. The van der Waals surface area contributed by atoms with E-state index in [2.05, 4.69) is 20.9 Å². The molecule has 0 atom stereocenters. The average molecular weight is 213 g/mol. The van der Waals surface area contributed by atoms with Gasteiger partial charge in [0.25, 0.3) is 0 Å². The van der Waals surface area contributed by atoms with E-state index in [1.165, 1.54) is 24.9 Å². The van der Waals surface area contributed by atoms with E-state index < -0.39 is 0 Å². The third-order valence-corrected chi connectivity index (χ3v) is 3.16. The number of hydrogen-bond acceptors (Lipinski definition) is 3. The molecule has 1 aliphatic rings. The van der Waals surface area contributed by atoms with Crippen molar-refractivity contribution >= 4 is 16.7 Å². The SMILES string of the molecule is c1cnc2cc(N3CCCCC3)cnc2c1. The van der Waals surface area contributed by atoms with Gasteiger partial charge in [0.15, 0.2) is 0 Å². The number of fused-ring (bicyclic) bond motifs is 1. The Kier molecular flexibility index (Phi) is 2.44. The summed E-state index contributed by atoms with van der Waals surface area (Å²) in [6.07, 6.45) is 7.73. The summed E-state index contributed by atoms with van der Waals surface area (Å²) in [6.45, 7) is 2.31. The monoisotopic (exact) mass is 213 g/mol. The molecule has 2 aromatic heterocycles. The minimum Gasteiger partial charge on any atom is -0.370 e. The Morgan fingerprint density at radius 2 is 1.88 bits per heavy atom. The van der Waals surface area contributed by atoms with Gasteiger partial charge in [0, 0.05) is 19.3 Å². The van der Waals surface area contributed by atoms with Crippen LogP contribution in [0.1, 0.15) is 19.3 Å². The number of nitrogens with zero attached hydrogens (tertiary/aromatic N) is 3. The Hall–Kier alpha value is -1.64. The van der Waals surface area contributed by atoms with Gasteiger partial charge in [-0.3, -0.25) is 9.97 Å². The Morgan fingerprint density at radius 1 is 1.00 bits per heavy atom. The summed E-state index contributed by atoms with van der Waals surface area (Å²) in [5.74, 6) is 0. The van der Waals surface area contributed by atoms with Crippen molar-refractivity contribution < 1.29 is 0 Å². The zero-order valence-corrected chi connectivity index (χ0v) is 9.26. The predicted octanol–water partition coefficient (Wildman–Crippen LogP) is 2.62. The molecule has 2 aromatic rings. The van der Waals surface area contributed by atoms with Crippen molar-refractivity contribution in [3.8, 4) is 0 Å². The van der Waals surface area contributed by atoms with Crippen molar-refractivity contribution in [2.24, 2.45) is 0 Å². The summed E-state index contributed by atoms with van der Waals surface area (Å²) < 4.78 is 0. The van der Waals surface area contributed by atoms with Crippen molar-refractivity contribution in [1.29, 1.82) is 0 Å². The lowest BCUT2D eigenvalue weighted by molar-refractivity contribution is 0.577. The molecule has 3 heterocycles. The molecule has 0 aromatic carbocycles. The van der Waals surface area contributed by atoms with Gasteiger partial charge in [0.05, 0.1) is 22.9 Å². The quantitative estimate of drug-likeness (QED) is 0.729. The van der Waals surface area contributed by atoms with Gasteiger partial charge in [-0.25, -0.2) is 0 Å². The van der Waals surface area contributed by atoms with E-state index in [9.17, 15) is 0 Å². The van der Waals surface area contributed by atoms with Crippen LogP contribution in [0.2, 0.25) is 0 Å². The highest BCUT2D eigenvalue weighted by Crippen LogP contribution is 2.21. The van der Waals surface area contributed by atoms with E-state index in [1.807, 2.05) is 24.5 Å². The zero-order valence-electron chi connectivity index (χ0n) is 9.26. The molecule has 16 heavy (non-hydrogen) atoms. The van der Waals surface area contributed by atoms with Crippen LogP contribution in [0.25, 0.3) is 11.0 Å². The second-order valence-electron chi connectivity index (χ2n) is 4.28. The molecular formula is C13H15N3. The first-order chi connectivity index (χ1) is 7.93. The van der Waals surface area contributed by atoms with Crippen molar-refractivity contribution in [3.63, 3.8) is 0 Å². The van der Waals surface area contributed by atoms with E-state index in [1.54, 1.807) is 0 Å². The molecule has 3 nitrogen and oxygen atoms in total. The second kappa shape index (κ2) is 4.08. The topological polar surface area (TPSA) is 29.0 Å². The summed E-state index contributed by atoms with van der Waals surface area (Å²) >= 11 is 0. The smallest absolute Gasteiger partial charge is 0.0907 e. The molecule has 0 aliphatic carbocycles. The van der Waals surface area contributed by atoms with Crippen molar-refractivity contribution in [1.82, 2.24) is 9.97 Å². The lowest BCUT2D eigenvalue weighted by Gasteiger charge is -2.28. The molecule has 0 radical (unpaired) electrons. The van der Waals surface area contributed by atoms with Crippen molar-refractivity contribution in [2.45, 2.75) is 19.3 Å². The second-order valence-corrected chi connectivity index (χ2v) is 4.28. The number of hydrogen-bond donors (Lipinski definition) is 0. The Labute approximate surface area is 95.1 Å². The van der Waals surface area contributed by atoms with Crippen LogP contribution in [0.3, 0.4) is 0 Å². The van der Waals surface area contributed by atoms with Crippen LogP contribution in [0, 0.1) is 0 Å². The van der Waals surface area contributed by atoms with Gasteiger partial charge in [-0.1, -0.05) is 0 Å². The Balaban J connectivity index is 1.97. The van der Waals surface area contributed by atoms with Crippen molar-refractivity contribution in [2.75, 3.05) is 18.0 Å². The summed E-state index contributed by atoms with van der Waals surface area (Å²) in [7, 11) is 0. The maximum Gasteiger partial charge on any atom is 0.0907 e. The van der Waals surface area contributed by atoms with Crippen LogP contribution >= 0.6 is 0 Å². The molecule has 0 amide bonds. The lowest BCUT2D eigenvalue weighted by atomic mass is 10.1. The van der Waals surface area contributed by atoms with Crippen LogP contribution in [-0.4, -0.2) is 23.1 Å². The van der Waals surface area contributed by atoms with Gasteiger partial charge in [0.1, 0.15) is 0 Å². The third kappa shape index (κ3) is 1.73. The molecule has 1 aliphatic heterocycles. The average Bonchev–Trinajstić information content (AvgIpc) is 2.39. The van der Waals surface area contributed by atoms with Gasteiger partial charge >= 0.3 is 0 Å². The van der Waals surface area contributed by atoms with E-state index >= 15 is 0 Å². The minimum atomic E-state index is 0.975. The number of piperidine rings is 1. The number of rotatable bonds is 1. The first kappa shape index (κ1) is 9.58. The van der Waals surface area contributed by atoms with E-state index in [0.717, 1.165) is 24.1 Å². The summed E-state index contributed by atoms with van der Waals surface area (Å²) in [5.41, 5.74) is 3.18. The zero-order chi connectivity index (χ0) is 10.8. The molecule has 1 fully saturated rings. The van der Waals surface area contributed by atoms with Crippen LogP contribution in [0.4, 0.5) is 5.69 Å². The van der Waals surface area contributed by atoms with Gasteiger partial charge < -0.3 is 4.90 Å². The summed E-state index contributed by atoms with van der Waals surface area (Å²) in [4.78, 5) is 11.2. The first-order valence-electron chi connectivity index (χ1n) is 5.89. The fourth-order valence-electron chi connectivity index (χ4n) is 2.27. The molecule has 0 N–H and O–H groups in total. The molecule has 0 saturated carbocycles. The molecule has 0 bridgehead atoms. The molecule has 3 rings (SSSR count). The van der Waals surface area contributed by atoms with E-state index in [0.29, 0.717) is 0 Å². The normalized spacial score (nSPS) is 16.6. The summed E-state index contributed by atoms with van der Waals surface area (Å²) in [5, 5.41) is 0. The van der Waals surface area contributed by atoms with Crippen LogP contribution in [-0.2, 0) is 0 Å².